The molecule has 1 saturated carbocycles. The summed E-state index contributed by atoms with van der Waals surface area (Å²) in [6.07, 6.45) is 5.54. The summed E-state index contributed by atoms with van der Waals surface area (Å²) in [5.74, 6) is -0.265. The maximum atomic E-state index is 10.8. The highest BCUT2D eigenvalue weighted by Crippen LogP contribution is 2.26. The van der Waals surface area contributed by atoms with Crippen molar-refractivity contribution in [2.45, 2.75) is 38.7 Å². The lowest BCUT2D eigenvalue weighted by atomic mass is 9.85. The highest BCUT2D eigenvalue weighted by atomic mass is 16.3. The van der Waals surface area contributed by atoms with Gasteiger partial charge in [0.1, 0.15) is 0 Å². The molecule has 2 atom stereocenters. The Morgan fingerprint density at radius 2 is 2.08 bits per heavy atom. The first-order chi connectivity index (χ1) is 6.11. The van der Waals surface area contributed by atoms with Gasteiger partial charge in [-0.1, -0.05) is 18.9 Å². The number of amides is 1. The first-order valence-electron chi connectivity index (χ1n) is 4.77. The Hall–Kier alpha value is -0.830. The fourth-order valence-electron chi connectivity index (χ4n) is 1.74. The second-order valence-electron chi connectivity index (χ2n) is 3.73. The van der Waals surface area contributed by atoms with Crippen molar-refractivity contribution in [3.8, 4) is 0 Å². The summed E-state index contributed by atoms with van der Waals surface area (Å²) in [7, 11) is 0. The van der Waals surface area contributed by atoms with Crippen LogP contribution in [0.1, 0.15) is 32.6 Å². The van der Waals surface area contributed by atoms with Crippen molar-refractivity contribution in [1.29, 1.82) is 0 Å². The molecule has 0 aliphatic heterocycles. The zero-order valence-electron chi connectivity index (χ0n) is 7.99. The van der Waals surface area contributed by atoms with Crippen molar-refractivity contribution in [2.75, 3.05) is 0 Å². The predicted octanol–water partition coefficient (Wildman–Crippen LogP) is 0.969. The van der Waals surface area contributed by atoms with Crippen LogP contribution in [-0.4, -0.2) is 17.1 Å². The van der Waals surface area contributed by atoms with Crippen LogP contribution in [0.2, 0.25) is 0 Å². The van der Waals surface area contributed by atoms with Gasteiger partial charge < -0.3 is 10.8 Å². The average molecular weight is 183 g/mol. The van der Waals surface area contributed by atoms with E-state index in [-0.39, 0.29) is 12.0 Å². The number of aliphatic hydroxyl groups is 1. The van der Waals surface area contributed by atoms with Crippen LogP contribution in [0.25, 0.3) is 0 Å². The number of rotatable bonds is 2. The molecule has 1 aliphatic rings. The summed E-state index contributed by atoms with van der Waals surface area (Å²) < 4.78 is 0. The summed E-state index contributed by atoms with van der Waals surface area (Å²) in [6, 6.07) is 0. The quantitative estimate of drug-likeness (QED) is 0.626. The van der Waals surface area contributed by atoms with Gasteiger partial charge in [0.25, 0.3) is 0 Å². The third kappa shape index (κ3) is 2.84. The molecule has 3 nitrogen and oxygen atoms in total. The second kappa shape index (κ2) is 4.42. The monoisotopic (exact) mass is 183 g/mol. The van der Waals surface area contributed by atoms with Gasteiger partial charge in [0.05, 0.1) is 6.10 Å². The van der Waals surface area contributed by atoms with E-state index in [9.17, 15) is 9.90 Å². The van der Waals surface area contributed by atoms with Crippen molar-refractivity contribution in [3.05, 3.63) is 11.6 Å². The van der Waals surface area contributed by atoms with Gasteiger partial charge in [-0.15, -0.1) is 0 Å². The SMILES string of the molecule is C/C(=C\C1CCCCC1O)C(N)=O. The topological polar surface area (TPSA) is 63.3 Å². The molecule has 2 unspecified atom stereocenters. The summed E-state index contributed by atoms with van der Waals surface area (Å²) in [5, 5.41) is 9.60. The van der Waals surface area contributed by atoms with Crippen LogP contribution in [0.15, 0.2) is 11.6 Å². The highest BCUT2D eigenvalue weighted by Gasteiger charge is 2.21. The maximum Gasteiger partial charge on any atom is 0.244 e. The third-order valence-electron chi connectivity index (χ3n) is 2.63. The van der Waals surface area contributed by atoms with Gasteiger partial charge in [0, 0.05) is 11.5 Å². The van der Waals surface area contributed by atoms with E-state index in [2.05, 4.69) is 0 Å². The molecule has 1 rings (SSSR count). The van der Waals surface area contributed by atoms with Crippen LogP contribution in [0.5, 0.6) is 0 Å². The number of carbonyl (C=O) groups excluding carboxylic acids is 1. The normalized spacial score (nSPS) is 30.2. The molecule has 0 saturated heterocycles. The minimum Gasteiger partial charge on any atom is -0.393 e. The summed E-state index contributed by atoms with van der Waals surface area (Å²) in [5.41, 5.74) is 5.67. The number of hydrogen-bond acceptors (Lipinski definition) is 2. The number of nitrogens with two attached hydrogens (primary N) is 1. The lowest BCUT2D eigenvalue weighted by Crippen LogP contribution is -2.24. The molecule has 0 aromatic carbocycles. The van der Waals surface area contributed by atoms with Gasteiger partial charge >= 0.3 is 0 Å². The van der Waals surface area contributed by atoms with Crippen molar-refractivity contribution in [2.24, 2.45) is 11.7 Å². The first kappa shape index (κ1) is 10.3. The molecule has 3 N–H and O–H groups in total. The fraction of sp³-hybridized carbons (Fsp3) is 0.700. The molecular formula is C10H17NO2. The molecule has 3 heteroatoms. The van der Waals surface area contributed by atoms with Gasteiger partial charge in [-0.3, -0.25) is 4.79 Å². The van der Waals surface area contributed by atoms with Crippen molar-refractivity contribution in [1.82, 2.24) is 0 Å². The average Bonchev–Trinajstić information content (AvgIpc) is 2.08. The predicted molar refractivity (Wildman–Crippen MR) is 50.9 cm³/mol. The summed E-state index contributed by atoms with van der Waals surface area (Å²) in [4.78, 5) is 10.8. The molecule has 1 fully saturated rings. The molecule has 74 valence electrons. The standard InChI is InChI=1S/C10H17NO2/c1-7(10(11)13)6-8-4-2-3-5-9(8)12/h6,8-9,12H,2-5H2,1H3,(H2,11,13)/b7-6+. The summed E-state index contributed by atoms with van der Waals surface area (Å²) >= 11 is 0. The first-order valence-corrected chi connectivity index (χ1v) is 4.77. The molecule has 0 spiro atoms. The van der Waals surface area contributed by atoms with E-state index >= 15 is 0 Å². The van der Waals surface area contributed by atoms with Gasteiger partial charge in [-0.25, -0.2) is 0 Å². The molecule has 0 radical (unpaired) electrons. The van der Waals surface area contributed by atoms with Gasteiger partial charge in [-0.05, 0) is 19.8 Å². The molecule has 1 aliphatic carbocycles. The lowest BCUT2D eigenvalue weighted by Gasteiger charge is -2.25. The number of hydrogen-bond donors (Lipinski definition) is 2. The zero-order chi connectivity index (χ0) is 9.84. The molecular weight excluding hydrogens is 166 g/mol. The van der Waals surface area contributed by atoms with Crippen LogP contribution >= 0.6 is 0 Å². The Labute approximate surface area is 78.6 Å². The number of primary amides is 1. The van der Waals surface area contributed by atoms with Crippen LogP contribution in [0.3, 0.4) is 0 Å². The fourth-order valence-corrected chi connectivity index (χ4v) is 1.74. The van der Waals surface area contributed by atoms with Crippen molar-refractivity contribution >= 4 is 5.91 Å². The molecule has 1 amide bonds. The zero-order valence-corrected chi connectivity index (χ0v) is 7.99. The Bertz CT molecular complexity index is 223. The number of carbonyl (C=O) groups is 1. The van der Waals surface area contributed by atoms with Crippen LogP contribution in [-0.2, 0) is 4.79 Å². The van der Waals surface area contributed by atoms with Gasteiger partial charge in [0.15, 0.2) is 0 Å². The van der Waals surface area contributed by atoms with E-state index in [1.165, 1.54) is 0 Å². The van der Waals surface area contributed by atoms with Gasteiger partial charge in [-0.2, -0.15) is 0 Å². The Balaban J connectivity index is 2.60. The van der Waals surface area contributed by atoms with Crippen LogP contribution in [0, 0.1) is 5.92 Å². The minimum atomic E-state index is -0.391. The molecule has 13 heavy (non-hydrogen) atoms. The van der Waals surface area contributed by atoms with E-state index < -0.39 is 5.91 Å². The van der Waals surface area contributed by atoms with E-state index in [4.69, 9.17) is 5.73 Å². The third-order valence-corrected chi connectivity index (χ3v) is 2.63. The summed E-state index contributed by atoms with van der Waals surface area (Å²) in [6.45, 7) is 1.70. The largest absolute Gasteiger partial charge is 0.393 e. The van der Waals surface area contributed by atoms with E-state index in [1.54, 1.807) is 6.92 Å². The maximum absolute atomic E-state index is 10.8. The van der Waals surface area contributed by atoms with E-state index in [0.717, 1.165) is 25.7 Å². The van der Waals surface area contributed by atoms with Crippen molar-refractivity contribution in [3.63, 3.8) is 0 Å². The van der Waals surface area contributed by atoms with E-state index in [0.29, 0.717) is 5.57 Å². The van der Waals surface area contributed by atoms with Gasteiger partial charge in [0.2, 0.25) is 5.91 Å². The Morgan fingerprint density at radius 3 is 2.62 bits per heavy atom. The van der Waals surface area contributed by atoms with Crippen molar-refractivity contribution < 1.29 is 9.90 Å². The number of aliphatic hydroxyl groups excluding tert-OH is 1. The second-order valence-corrected chi connectivity index (χ2v) is 3.73. The highest BCUT2D eigenvalue weighted by molar-refractivity contribution is 5.91. The smallest absolute Gasteiger partial charge is 0.244 e. The lowest BCUT2D eigenvalue weighted by molar-refractivity contribution is -0.114. The van der Waals surface area contributed by atoms with Crippen LogP contribution in [0.4, 0.5) is 0 Å². The Morgan fingerprint density at radius 1 is 1.46 bits per heavy atom. The minimum absolute atomic E-state index is 0.126. The van der Waals surface area contributed by atoms with Crippen LogP contribution < -0.4 is 5.73 Å². The molecule has 0 heterocycles. The molecule has 0 bridgehead atoms. The Kier molecular flexibility index (Phi) is 3.48. The molecule has 0 aromatic heterocycles. The van der Waals surface area contributed by atoms with E-state index in [1.807, 2.05) is 6.08 Å². The molecule has 0 aromatic rings.